The van der Waals surface area contributed by atoms with Crippen molar-refractivity contribution in [3.8, 4) is 0 Å². The van der Waals surface area contributed by atoms with E-state index in [4.69, 9.17) is 14.2 Å². The van der Waals surface area contributed by atoms with Crippen molar-refractivity contribution in [1.82, 2.24) is 0 Å². The fraction of sp³-hybridized carbons (Fsp3) is 0.810. The fourth-order valence-corrected chi connectivity index (χ4v) is 7.87. The molecule has 0 fully saturated rings. The molecule has 0 aromatic heterocycles. The Morgan fingerprint density at radius 2 is 0.578 bits per heavy atom. The molecule has 1 atom stereocenters. The summed E-state index contributed by atoms with van der Waals surface area (Å²) in [6, 6.07) is 0. The van der Waals surface area contributed by atoms with Crippen LogP contribution < -0.4 is 0 Å². The van der Waals surface area contributed by atoms with Crippen LogP contribution in [0.5, 0.6) is 0 Å². The molecule has 0 aliphatic heterocycles. The lowest BCUT2D eigenvalue weighted by Gasteiger charge is -2.18. The quantitative estimate of drug-likeness (QED) is 0.0262. The maximum absolute atomic E-state index is 12.8. The zero-order valence-electron chi connectivity index (χ0n) is 42.6. The van der Waals surface area contributed by atoms with Crippen molar-refractivity contribution in [3.05, 3.63) is 48.6 Å². The highest BCUT2D eigenvalue weighted by Crippen LogP contribution is 2.15. The van der Waals surface area contributed by atoms with Crippen molar-refractivity contribution in [1.29, 1.82) is 0 Å². The number of rotatable bonds is 50. The highest BCUT2D eigenvalue weighted by Gasteiger charge is 2.19. The van der Waals surface area contributed by atoms with Crippen LogP contribution in [-0.4, -0.2) is 37.2 Å². The van der Waals surface area contributed by atoms with Gasteiger partial charge in [0.25, 0.3) is 0 Å². The topological polar surface area (TPSA) is 78.9 Å². The summed E-state index contributed by atoms with van der Waals surface area (Å²) in [5.74, 6) is -0.951. The van der Waals surface area contributed by atoms with Crippen LogP contribution in [0.15, 0.2) is 48.6 Å². The molecule has 0 heterocycles. The van der Waals surface area contributed by atoms with Gasteiger partial charge in [-0.3, -0.25) is 14.4 Å². The summed E-state index contributed by atoms with van der Waals surface area (Å²) in [7, 11) is 0. The first-order chi connectivity index (χ1) is 31.5. The Balaban J connectivity index is 4.44. The van der Waals surface area contributed by atoms with Gasteiger partial charge in [-0.05, 0) is 77.0 Å². The predicted molar refractivity (Wildman–Crippen MR) is 275 cm³/mol. The van der Waals surface area contributed by atoms with E-state index in [1.807, 2.05) is 0 Å². The van der Waals surface area contributed by atoms with E-state index in [2.05, 4.69) is 69.4 Å². The third kappa shape index (κ3) is 50.4. The Kier molecular flexibility index (Phi) is 50.8. The number of allylic oxidation sites excluding steroid dienone is 8. The highest BCUT2D eigenvalue weighted by atomic mass is 16.6. The van der Waals surface area contributed by atoms with E-state index < -0.39 is 6.10 Å². The molecule has 0 aliphatic carbocycles. The zero-order valence-corrected chi connectivity index (χ0v) is 42.6. The van der Waals surface area contributed by atoms with Gasteiger partial charge in [-0.25, -0.2) is 0 Å². The largest absolute Gasteiger partial charge is 0.462 e. The lowest BCUT2D eigenvalue weighted by Crippen LogP contribution is -2.30. The molecule has 0 aromatic rings. The molecule has 0 aromatic carbocycles. The molecular formula is C58H104O6. The minimum Gasteiger partial charge on any atom is -0.462 e. The number of unbranched alkanes of at least 4 members (excludes halogenated alkanes) is 31. The van der Waals surface area contributed by atoms with Gasteiger partial charge < -0.3 is 14.2 Å². The first-order valence-corrected chi connectivity index (χ1v) is 27.6. The molecule has 0 aliphatic rings. The number of carbonyl (C=O) groups is 3. The molecule has 6 nitrogen and oxygen atoms in total. The molecule has 64 heavy (non-hydrogen) atoms. The molecular weight excluding hydrogens is 793 g/mol. The van der Waals surface area contributed by atoms with Crippen molar-refractivity contribution in [2.45, 2.75) is 290 Å². The Morgan fingerprint density at radius 1 is 0.312 bits per heavy atom. The first kappa shape index (κ1) is 61.4. The maximum atomic E-state index is 12.8. The highest BCUT2D eigenvalue weighted by molar-refractivity contribution is 5.71. The van der Waals surface area contributed by atoms with Crippen molar-refractivity contribution in [2.24, 2.45) is 0 Å². The van der Waals surface area contributed by atoms with Gasteiger partial charge in [0.15, 0.2) is 6.10 Å². The SMILES string of the molecule is CCCCCCCC/C=C\C/C=C\C/C=C\CCCC(=O)OCC(COC(=O)CCCCC/C=C\CCCCCCCCC)OC(=O)CCCCCCCCCCCCCCCCC. The van der Waals surface area contributed by atoms with Crippen molar-refractivity contribution >= 4 is 17.9 Å². The molecule has 0 spiro atoms. The number of hydrogen-bond acceptors (Lipinski definition) is 6. The van der Waals surface area contributed by atoms with Crippen LogP contribution in [0.25, 0.3) is 0 Å². The van der Waals surface area contributed by atoms with E-state index in [0.29, 0.717) is 19.3 Å². The lowest BCUT2D eigenvalue weighted by atomic mass is 10.0. The summed E-state index contributed by atoms with van der Waals surface area (Å²) in [4.78, 5) is 38.0. The number of carbonyl (C=O) groups excluding carboxylic acids is 3. The molecule has 0 bridgehead atoms. The number of esters is 3. The number of ether oxygens (including phenoxy) is 3. The van der Waals surface area contributed by atoms with Gasteiger partial charge in [0, 0.05) is 19.3 Å². The molecule has 6 heteroatoms. The maximum Gasteiger partial charge on any atom is 0.306 e. The second kappa shape index (κ2) is 53.0. The van der Waals surface area contributed by atoms with Gasteiger partial charge in [-0.15, -0.1) is 0 Å². The van der Waals surface area contributed by atoms with Crippen LogP contribution in [0.3, 0.4) is 0 Å². The minimum atomic E-state index is -0.796. The number of hydrogen-bond donors (Lipinski definition) is 0. The average molecular weight is 897 g/mol. The molecule has 0 saturated carbocycles. The van der Waals surface area contributed by atoms with Gasteiger partial charge in [0.05, 0.1) is 0 Å². The second-order valence-electron chi connectivity index (χ2n) is 18.5. The standard InChI is InChI=1S/C58H104O6/c1-4-7-10-13-16-19-22-25-28-29-31-33-36-39-42-45-48-51-57(60)63-54-55(53-62-56(59)50-47-44-41-38-35-32-27-24-21-18-15-12-9-6-3)64-58(61)52-49-46-43-40-37-34-30-26-23-20-17-14-11-8-5-2/h25,28,31-33,35,39,42,55H,4-24,26-27,29-30,34,36-38,40-41,43-54H2,1-3H3/b28-25-,33-31-,35-32-,42-39-. The molecule has 0 radical (unpaired) electrons. The molecule has 0 amide bonds. The van der Waals surface area contributed by atoms with Crippen molar-refractivity contribution in [3.63, 3.8) is 0 Å². The average Bonchev–Trinajstić information content (AvgIpc) is 3.29. The summed E-state index contributed by atoms with van der Waals surface area (Å²) in [5.41, 5.74) is 0. The van der Waals surface area contributed by atoms with E-state index >= 15 is 0 Å². The summed E-state index contributed by atoms with van der Waals surface area (Å²) >= 11 is 0. The molecule has 1 unspecified atom stereocenters. The van der Waals surface area contributed by atoms with E-state index in [0.717, 1.165) is 70.6 Å². The van der Waals surface area contributed by atoms with Gasteiger partial charge in [0.1, 0.15) is 13.2 Å². The Hall–Kier alpha value is -2.63. The Morgan fingerprint density at radius 3 is 0.969 bits per heavy atom. The third-order valence-electron chi connectivity index (χ3n) is 12.1. The van der Waals surface area contributed by atoms with E-state index in [9.17, 15) is 14.4 Å². The van der Waals surface area contributed by atoms with Crippen LogP contribution in [0, 0.1) is 0 Å². The van der Waals surface area contributed by atoms with Crippen LogP contribution in [0.1, 0.15) is 284 Å². The van der Waals surface area contributed by atoms with E-state index in [1.165, 1.54) is 167 Å². The van der Waals surface area contributed by atoms with Crippen LogP contribution in [0.4, 0.5) is 0 Å². The molecule has 0 N–H and O–H groups in total. The molecule has 0 rings (SSSR count). The normalized spacial score (nSPS) is 12.4. The van der Waals surface area contributed by atoms with Crippen LogP contribution >= 0.6 is 0 Å². The lowest BCUT2D eigenvalue weighted by molar-refractivity contribution is -0.167. The van der Waals surface area contributed by atoms with Crippen molar-refractivity contribution < 1.29 is 28.6 Å². The van der Waals surface area contributed by atoms with Gasteiger partial charge in [-0.2, -0.15) is 0 Å². The minimum absolute atomic E-state index is 0.0940. The van der Waals surface area contributed by atoms with Gasteiger partial charge in [-0.1, -0.05) is 236 Å². The molecule has 372 valence electrons. The Labute approximate surface area is 397 Å². The summed E-state index contributed by atoms with van der Waals surface area (Å²) in [6.45, 7) is 6.60. The van der Waals surface area contributed by atoms with Gasteiger partial charge >= 0.3 is 17.9 Å². The monoisotopic (exact) mass is 897 g/mol. The molecule has 0 saturated heterocycles. The summed E-state index contributed by atoms with van der Waals surface area (Å²) in [6.07, 6.45) is 63.9. The van der Waals surface area contributed by atoms with Crippen LogP contribution in [0.2, 0.25) is 0 Å². The zero-order chi connectivity index (χ0) is 46.5. The van der Waals surface area contributed by atoms with E-state index in [1.54, 1.807) is 0 Å². The van der Waals surface area contributed by atoms with Crippen molar-refractivity contribution in [2.75, 3.05) is 13.2 Å². The summed E-state index contributed by atoms with van der Waals surface area (Å²) < 4.78 is 16.8. The summed E-state index contributed by atoms with van der Waals surface area (Å²) in [5, 5.41) is 0. The van der Waals surface area contributed by atoms with E-state index in [-0.39, 0.29) is 37.5 Å². The second-order valence-corrected chi connectivity index (χ2v) is 18.5. The Bertz CT molecular complexity index is 1120. The first-order valence-electron chi connectivity index (χ1n) is 27.6. The van der Waals surface area contributed by atoms with Crippen LogP contribution in [-0.2, 0) is 28.6 Å². The smallest absolute Gasteiger partial charge is 0.306 e. The predicted octanol–water partition coefficient (Wildman–Crippen LogP) is 18.3. The fourth-order valence-electron chi connectivity index (χ4n) is 7.87. The van der Waals surface area contributed by atoms with Gasteiger partial charge in [0.2, 0.25) is 0 Å². The third-order valence-corrected chi connectivity index (χ3v) is 12.1.